The van der Waals surface area contributed by atoms with Gasteiger partial charge in [-0.3, -0.25) is 0 Å². The maximum Gasteiger partial charge on any atom is 0.490 e. The lowest BCUT2D eigenvalue weighted by molar-refractivity contribution is -0.192. The molecule has 25 heavy (non-hydrogen) atoms. The van der Waals surface area contributed by atoms with Crippen molar-refractivity contribution in [2.24, 2.45) is 10.8 Å². The van der Waals surface area contributed by atoms with Crippen molar-refractivity contribution in [3.05, 3.63) is 45.3 Å². The second-order valence-electron chi connectivity index (χ2n) is 4.48. The van der Waals surface area contributed by atoms with Gasteiger partial charge < -0.3 is 21.3 Å². The molecule has 138 valence electrons. The predicted octanol–water partition coefficient (Wildman–Crippen LogP) is 2.40. The fourth-order valence-corrected chi connectivity index (χ4v) is 1.60. The second kappa shape index (κ2) is 10.7. The molecule has 0 saturated heterocycles. The molecule has 12 heteroatoms. The number of nitrogens with two attached hydrogens (primary N) is 1. The Morgan fingerprint density at radius 2 is 1.88 bits per heavy atom. The van der Waals surface area contributed by atoms with Gasteiger partial charge in [0.1, 0.15) is 0 Å². The van der Waals surface area contributed by atoms with E-state index in [0.717, 1.165) is 16.7 Å². The van der Waals surface area contributed by atoms with Crippen LogP contribution in [-0.2, 0) is 24.3 Å². The van der Waals surface area contributed by atoms with Crippen LogP contribution < -0.4 is 11.1 Å². The van der Waals surface area contributed by atoms with Crippen LogP contribution in [-0.4, -0.2) is 35.0 Å². The molecular formula is C13H16F3N5O4. The maximum atomic E-state index is 10.6. The number of carbonyl (C=O) groups is 2. The number of hydrogen-bond acceptors (Lipinski definition) is 4. The number of carboxylic acids is 1. The van der Waals surface area contributed by atoms with Crippen LogP contribution in [0, 0.1) is 0 Å². The Morgan fingerprint density at radius 1 is 1.28 bits per heavy atom. The van der Waals surface area contributed by atoms with Crippen molar-refractivity contribution in [2.45, 2.75) is 25.7 Å². The van der Waals surface area contributed by atoms with Gasteiger partial charge in [0.15, 0.2) is 0 Å². The van der Waals surface area contributed by atoms with E-state index in [-0.39, 0.29) is 6.54 Å². The molecule has 1 amide bonds. The maximum absolute atomic E-state index is 10.6. The number of carboxylic acid groups (broad SMARTS) is 2. The lowest BCUT2D eigenvalue weighted by Crippen LogP contribution is -2.23. The van der Waals surface area contributed by atoms with E-state index >= 15 is 0 Å². The minimum absolute atomic E-state index is 0.253. The van der Waals surface area contributed by atoms with E-state index in [0.29, 0.717) is 19.5 Å². The molecule has 0 aliphatic rings. The molecule has 1 aromatic rings. The number of azide groups is 1. The molecule has 0 aliphatic carbocycles. The van der Waals surface area contributed by atoms with E-state index in [1.807, 2.05) is 18.2 Å². The van der Waals surface area contributed by atoms with Crippen molar-refractivity contribution in [3.63, 3.8) is 0 Å². The van der Waals surface area contributed by atoms with E-state index in [2.05, 4.69) is 15.3 Å². The van der Waals surface area contributed by atoms with Crippen molar-refractivity contribution in [2.75, 3.05) is 6.54 Å². The number of nitrogens with one attached hydrogen (secondary N) is 1. The molecule has 5 N–H and O–H groups in total. The van der Waals surface area contributed by atoms with Gasteiger partial charge in [-0.2, -0.15) is 13.2 Å². The van der Waals surface area contributed by atoms with Crippen LogP contribution in [0.25, 0.3) is 10.4 Å². The summed E-state index contributed by atoms with van der Waals surface area (Å²) in [5, 5.41) is 21.4. The summed E-state index contributed by atoms with van der Waals surface area (Å²) in [7, 11) is 0. The van der Waals surface area contributed by atoms with Crippen LogP contribution >= 0.6 is 0 Å². The molecule has 0 radical (unpaired) electrons. The Bertz CT molecular complexity index is 645. The monoisotopic (exact) mass is 363 g/mol. The predicted molar refractivity (Wildman–Crippen MR) is 80.6 cm³/mol. The fourth-order valence-electron chi connectivity index (χ4n) is 1.60. The number of alkyl halides is 3. The van der Waals surface area contributed by atoms with Gasteiger partial charge in [-0.15, -0.1) is 0 Å². The molecule has 0 heterocycles. The number of amides is 1. The van der Waals surface area contributed by atoms with Crippen LogP contribution in [0.5, 0.6) is 0 Å². The molecule has 9 nitrogen and oxygen atoms in total. The zero-order valence-corrected chi connectivity index (χ0v) is 12.8. The Kier molecular flexibility index (Phi) is 9.45. The van der Waals surface area contributed by atoms with Crippen molar-refractivity contribution >= 4 is 12.1 Å². The van der Waals surface area contributed by atoms with Crippen molar-refractivity contribution in [3.8, 4) is 0 Å². The highest BCUT2D eigenvalue weighted by Crippen LogP contribution is 2.14. The fraction of sp³-hybridized carbons (Fsp3) is 0.385. The highest BCUT2D eigenvalue weighted by Gasteiger charge is 2.38. The molecule has 0 fully saturated rings. The van der Waals surface area contributed by atoms with Crippen molar-refractivity contribution in [1.29, 1.82) is 0 Å². The highest BCUT2D eigenvalue weighted by molar-refractivity contribution is 5.73. The number of hydrogen-bond donors (Lipinski definition) is 4. The minimum Gasteiger partial charge on any atom is -0.475 e. The Balaban J connectivity index is 0.000000697. The average Bonchev–Trinajstić information content (AvgIpc) is 2.52. The smallest absolute Gasteiger partial charge is 0.475 e. The lowest BCUT2D eigenvalue weighted by Gasteiger charge is -2.08. The molecule has 1 rings (SSSR count). The van der Waals surface area contributed by atoms with E-state index in [1.165, 1.54) is 0 Å². The van der Waals surface area contributed by atoms with Gasteiger partial charge in [0.05, 0.1) is 6.54 Å². The summed E-state index contributed by atoms with van der Waals surface area (Å²) >= 11 is 0. The van der Waals surface area contributed by atoms with Crippen LogP contribution in [0.15, 0.2) is 23.3 Å². The molecular weight excluding hydrogens is 347 g/mol. The minimum atomic E-state index is -5.08. The molecule has 0 saturated carbocycles. The molecule has 0 aromatic heterocycles. The first-order valence-corrected chi connectivity index (χ1v) is 6.70. The summed E-state index contributed by atoms with van der Waals surface area (Å²) in [5.74, 6) is -2.76. The summed E-state index contributed by atoms with van der Waals surface area (Å²) in [6.07, 6.45) is -5.54. The van der Waals surface area contributed by atoms with Crippen molar-refractivity contribution in [1.82, 2.24) is 5.32 Å². The number of rotatable bonds is 6. The van der Waals surface area contributed by atoms with Crippen molar-refractivity contribution < 1.29 is 33.0 Å². The molecule has 0 atom stereocenters. The van der Waals surface area contributed by atoms with Gasteiger partial charge in [-0.05, 0) is 28.6 Å². The number of halogens is 3. The first kappa shape index (κ1) is 22.0. The summed E-state index contributed by atoms with van der Waals surface area (Å²) in [5.41, 5.74) is 16.7. The molecule has 1 aromatic carbocycles. The lowest BCUT2D eigenvalue weighted by atomic mass is 10.0. The summed E-state index contributed by atoms with van der Waals surface area (Å²) < 4.78 is 31.7. The summed E-state index contributed by atoms with van der Waals surface area (Å²) in [4.78, 5) is 21.9. The van der Waals surface area contributed by atoms with E-state index < -0.39 is 18.2 Å². The third-order valence-corrected chi connectivity index (χ3v) is 2.73. The number of aliphatic carboxylic acids is 1. The first-order valence-electron chi connectivity index (χ1n) is 6.70. The quantitative estimate of drug-likeness (QED) is 0.346. The van der Waals surface area contributed by atoms with Gasteiger partial charge in [0, 0.05) is 18.0 Å². The second-order valence-corrected chi connectivity index (χ2v) is 4.48. The van der Waals surface area contributed by atoms with Gasteiger partial charge in [0.2, 0.25) is 0 Å². The third kappa shape index (κ3) is 9.69. The summed E-state index contributed by atoms with van der Waals surface area (Å²) in [6, 6.07) is 5.66. The standard InChI is InChI=1S/C11H15N5O2.C2HF3O2/c12-6-9-2-1-8(3-4-14-11(17)18)5-10(9)7-15-16-13;3-2(4,5)1(6)7/h1-2,5,14H,3-4,6-7,12H2,(H,17,18);(H,6,7). The summed E-state index contributed by atoms with van der Waals surface area (Å²) in [6.45, 7) is 0.978. The largest absolute Gasteiger partial charge is 0.490 e. The molecule has 0 unspecified atom stereocenters. The van der Waals surface area contributed by atoms with Crippen LogP contribution in [0.4, 0.5) is 18.0 Å². The molecule has 0 spiro atoms. The zero-order chi connectivity index (χ0) is 19.5. The average molecular weight is 363 g/mol. The van der Waals surface area contributed by atoms with Crippen LogP contribution in [0.2, 0.25) is 0 Å². The van der Waals surface area contributed by atoms with Gasteiger partial charge in [-0.25, -0.2) is 9.59 Å². The van der Waals surface area contributed by atoms with Crippen LogP contribution in [0.3, 0.4) is 0 Å². The Labute approximate surface area is 139 Å². The topological polar surface area (TPSA) is 161 Å². The molecule has 0 aliphatic heterocycles. The number of nitrogens with zero attached hydrogens (tertiary/aromatic N) is 3. The van der Waals surface area contributed by atoms with Gasteiger partial charge >= 0.3 is 18.2 Å². The Hall–Kier alpha value is -2.98. The van der Waals surface area contributed by atoms with E-state index in [1.54, 1.807) is 0 Å². The zero-order valence-electron chi connectivity index (χ0n) is 12.8. The molecule has 0 bridgehead atoms. The number of benzene rings is 1. The highest BCUT2D eigenvalue weighted by atomic mass is 19.4. The Morgan fingerprint density at radius 3 is 2.32 bits per heavy atom. The first-order chi connectivity index (χ1) is 11.6. The third-order valence-electron chi connectivity index (χ3n) is 2.73. The van der Waals surface area contributed by atoms with E-state index in [4.69, 9.17) is 26.3 Å². The van der Waals surface area contributed by atoms with Crippen LogP contribution in [0.1, 0.15) is 16.7 Å². The normalized spacial score (nSPS) is 10.1. The van der Waals surface area contributed by atoms with Gasteiger partial charge in [-0.1, -0.05) is 23.3 Å². The van der Waals surface area contributed by atoms with E-state index in [9.17, 15) is 18.0 Å². The SMILES string of the molecule is O=C(O)C(F)(F)F.[N-]=[N+]=NCc1cc(CCNC(=O)O)ccc1CN. The van der Waals surface area contributed by atoms with Gasteiger partial charge in [0.25, 0.3) is 0 Å².